The van der Waals surface area contributed by atoms with Crippen molar-refractivity contribution < 1.29 is 14.7 Å². The summed E-state index contributed by atoms with van der Waals surface area (Å²) >= 11 is 0. The van der Waals surface area contributed by atoms with E-state index in [-0.39, 0.29) is 11.3 Å². The van der Waals surface area contributed by atoms with Crippen LogP contribution < -0.4 is 10.6 Å². The molecule has 0 aromatic rings. The number of carboxylic acid groups (broad SMARTS) is 1. The largest absolute Gasteiger partial charge is 0.480 e. The van der Waals surface area contributed by atoms with Crippen LogP contribution in [0.2, 0.25) is 0 Å². The van der Waals surface area contributed by atoms with Crippen molar-refractivity contribution in [3.05, 3.63) is 0 Å². The zero-order valence-corrected chi connectivity index (χ0v) is 11.3. The minimum atomic E-state index is -1.01. The fourth-order valence-electron chi connectivity index (χ4n) is 1.26. The van der Waals surface area contributed by atoms with E-state index < -0.39 is 18.0 Å². The van der Waals surface area contributed by atoms with E-state index in [1.54, 1.807) is 13.8 Å². The Bertz CT molecular complexity index is 269. The molecule has 0 spiro atoms. The molecule has 0 bridgehead atoms. The molecule has 0 saturated heterocycles. The summed E-state index contributed by atoms with van der Waals surface area (Å²) in [6.45, 7) is 10.3. The van der Waals surface area contributed by atoms with Crippen LogP contribution >= 0.6 is 0 Å². The summed E-state index contributed by atoms with van der Waals surface area (Å²) in [6.07, 6.45) is 0.847. The van der Waals surface area contributed by atoms with Crippen LogP contribution in [0.5, 0.6) is 0 Å². The second kappa shape index (κ2) is 6.47. The van der Waals surface area contributed by atoms with Gasteiger partial charge in [0.2, 0.25) is 0 Å². The van der Waals surface area contributed by atoms with E-state index in [1.807, 2.05) is 0 Å². The van der Waals surface area contributed by atoms with Crippen LogP contribution in [0.1, 0.15) is 41.0 Å². The Hall–Kier alpha value is -1.26. The van der Waals surface area contributed by atoms with Crippen molar-refractivity contribution in [2.75, 3.05) is 6.54 Å². The van der Waals surface area contributed by atoms with Crippen molar-refractivity contribution >= 4 is 12.0 Å². The maximum absolute atomic E-state index is 11.5. The summed E-state index contributed by atoms with van der Waals surface area (Å²) < 4.78 is 0. The van der Waals surface area contributed by atoms with Crippen molar-refractivity contribution in [3.63, 3.8) is 0 Å². The van der Waals surface area contributed by atoms with Gasteiger partial charge in [-0.15, -0.1) is 0 Å². The first-order valence-electron chi connectivity index (χ1n) is 5.90. The normalized spacial score (nSPS) is 13.3. The Balaban J connectivity index is 4.04. The minimum absolute atomic E-state index is 0.138. The predicted molar refractivity (Wildman–Crippen MR) is 66.9 cm³/mol. The van der Waals surface area contributed by atoms with E-state index >= 15 is 0 Å². The number of nitrogens with one attached hydrogen (secondary N) is 2. The SMILES string of the molecule is CC(C)[C@H](NC(=O)NCCC(C)(C)C)C(=O)O. The highest BCUT2D eigenvalue weighted by molar-refractivity contribution is 5.82. The molecule has 0 radical (unpaired) electrons. The molecule has 0 saturated carbocycles. The van der Waals surface area contributed by atoms with E-state index in [0.717, 1.165) is 6.42 Å². The number of carboxylic acids is 1. The number of carbonyl (C=O) groups excluding carboxylic acids is 1. The van der Waals surface area contributed by atoms with Crippen LogP contribution in [0.3, 0.4) is 0 Å². The molecule has 0 aromatic carbocycles. The highest BCUT2D eigenvalue weighted by Gasteiger charge is 2.23. The molecular weight excluding hydrogens is 220 g/mol. The number of amides is 2. The van der Waals surface area contributed by atoms with Crippen LogP contribution in [0, 0.1) is 11.3 Å². The van der Waals surface area contributed by atoms with E-state index in [2.05, 4.69) is 31.4 Å². The predicted octanol–water partition coefficient (Wildman–Crippen LogP) is 1.83. The van der Waals surface area contributed by atoms with Crippen molar-refractivity contribution in [1.29, 1.82) is 0 Å². The van der Waals surface area contributed by atoms with Gasteiger partial charge in [0, 0.05) is 6.54 Å². The molecule has 5 nitrogen and oxygen atoms in total. The summed E-state index contributed by atoms with van der Waals surface area (Å²) in [5, 5.41) is 14.0. The second-order valence-electron chi connectivity index (χ2n) is 5.77. The lowest BCUT2D eigenvalue weighted by Gasteiger charge is -2.20. The molecule has 17 heavy (non-hydrogen) atoms. The number of hydrogen-bond donors (Lipinski definition) is 3. The fourth-order valence-corrected chi connectivity index (χ4v) is 1.26. The minimum Gasteiger partial charge on any atom is -0.480 e. The topological polar surface area (TPSA) is 78.4 Å². The van der Waals surface area contributed by atoms with E-state index in [9.17, 15) is 9.59 Å². The van der Waals surface area contributed by atoms with Gasteiger partial charge >= 0.3 is 12.0 Å². The summed E-state index contributed by atoms with van der Waals surface area (Å²) in [5.74, 6) is -1.15. The number of hydrogen-bond acceptors (Lipinski definition) is 2. The average molecular weight is 244 g/mol. The summed E-state index contributed by atoms with van der Waals surface area (Å²) in [4.78, 5) is 22.3. The van der Waals surface area contributed by atoms with Crippen molar-refractivity contribution in [3.8, 4) is 0 Å². The molecule has 100 valence electrons. The quantitative estimate of drug-likeness (QED) is 0.690. The van der Waals surface area contributed by atoms with Gasteiger partial charge in [0.1, 0.15) is 6.04 Å². The van der Waals surface area contributed by atoms with E-state index in [0.29, 0.717) is 6.54 Å². The zero-order valence-electron chi connectivity index (χ0n) is 11.3. The van der Waals surface area contributed by atoms with Crippen LogP contribution in [-0.2, 0) is 4.79 Å². The molecule has 0 fully saturated rings. The maximum atomic E-state index is 11.5. The average Bonchev–Trinajstić information content (AvgIpc) is 2.10. The lowest BCUT2D eigenvalue weighted by Crippen LogP contribution is -2.49. The molecule has 5 heteroatoms. The number of aliphatic carboxylic acids is 1. The third-order valence-corrected chi connectivity index (χ3v) is 2.38. The van der Waals surface area contributed by atoms with Gasteiger partial charge in [-0.05, 0) is 17.8 Å². The van der Waals surface area contributed by atoms with Crippen molar-refractivity contribution in [2.45, 2.75) is 47.1 Å². The maximum Gasteiger partial charge on any atom is 0.326 e. The van der Waals surface area contributed by atoms with Crippen molar-refractivity contribution in [2.24, 2.45) is 11.3 Å². The number of rotatable bonds is 5. The highest BCUT2D eigenvalue weighted by Crippen LogP contribution is 2.16. The number of urea groups is 1. The summed E-state index contributed by atoms with van der Waals surface area (Å²) in [6, 6.07) is -1.26. The van der Waals surface area contributed by atoms with Gasteiger partial charge in [0.05, 0.1) is 0 Å². The molecule has 0 aromatic heterocycles. The van der Waals surface area contributed by atoms with Crippen LogP contribution in [0.15, 0.2) is 0 Å². The smallest absolute Gasteiger partial charge is 0.326 e. The molecule has 1 atom stereocenters. The Labute approximate surface area is 103 Å². The van der Waals surface area contributed by atoms with Gasteiger partial charge in [-0.25, -0.2) is 9.59 Å². The lowest BCUT2D eigenvalue weighted by molar-refractivity contribution is -0.140. The first kappa shape index (κ1) is 15.7. The van der Waals surface area contributed by atoms with Crippen LogP contribution in [0.25, 0.3) is 0 Å². The third kappa shape index (κ3) is 7.60. The molecule has 0 heterocycles. The Kier molecular flexibility index (Phi) is 5.99. The van der Waals surface area contributed by atoms with Crippen LogP contribution in [-0.4, -0.2) is 29.7 Å². The third-order valence-electron chi connectivity index (χ3n) is 2.38. The van der Waals surface area contributed by atoms with Crippen molar-refractivity contribution in [1.82, 2.24) is 10.6 Å². The molecule has 0 rings (SSSR count). The second-order valence-corrected chi connectivity index (χ2v) is 5.77. The van der Waals surface area contributed by atoms with E-state index in [4.69, 9.17) is 5.11 Å². The van der Waals surface area contributed by atoms with Gasteiger partial charge in [0.25, 0.3) is 0 Å². The van der Waals surface area contributed by atoms with Crippen LogP contribution in [0.4, 0.5) is 4.79 Å². The molecular formula is C12H24N2O3. The van der Waals surface area contributed by atoms with Gasteiger partial charge < -0.3 is 15.7 Å². The van der Waals surface area contributed by atoms with E-state index in [1.165, 1.54) is 0 Å². The van der Waals surface area contributed by atoms with Gasteiger partial charge in [-0.1, -0.05) is 34.6 Å². The van der Waals surface area contributed by atoms with Gasteiger partial charge in [-0.2, -0.15) is 0 Å². The molecule has 2 amide bonds. The molecule has 0 aliphatic carbocycles. The van der Waals surface area contributed by atoms with Gasteiger partial charge in [0.15, 0.2) is 0 Å². The lowest BCUT2D eigenvalue weighted by atomic mass is 9.92. The first-order valence-corrected chi connectivity index (χ1v) is 5.90. The summed E-state index contributed by atoms with van der Waals surface area (Å²) in [5.41, 5.74) is 0.150. The number of carbonyl (C=O) groups is 2. The fraction of sp³-hybridized carbons (Fsp3) is 0.833. The highest BCUT2D eigenvalue weighted by atomic mass is 16.4. The zero-order chi connectivity index (χ0) is 13.6. The molecule has 0 unspecified atom stereocenters. The Morgan fingerprint density at radius 2 is 1.76 bits per heavy atom. The summed E-state index contributed by atoms with van der Waals surface area (Å²) in [7, 11) is 0. The monoisotopic (exact) mass is 244 g/mol. The molecule has 0 aliphatic rings. The Morgan fingerprint density at radius 3 is 2.12 bits per heavy atom. The molecule has 0 aliphatic heterocycles. The first-order chi connectivity index (χ1) is 7.63. The Morgan fingerprint density at radius 1 is 1.24 bits per heavy atom. The van der Waals surface area contributed by atoms with Gasteiger partial charge in [-0.3, -0.25) is 0 Å². The molecule has 3 N–H and O–H groups in total. The standard InChI is InChI=1S/C12H24N2O3/c1-8(2)9(10(15)16)14-11(17)13-7-6-12(3,4)5/h8-9H,6-7H2,1-5H3,(H,15,16)(H2,13,14,17)/t9-/m0/s1.